The van der Waals surface area contributed by atoms with Crippen LogP contribution >= 0.6 is 0 Å². The number of rotatable bonds is 6. The molecule has 0 unspecified atom stereocenters. The van der Waals surface area contributed by atoms with Gasteiger partial charge in [0.2, 0.25) is 0 Å². The van der Waals surface area contributed by atoms with Gasteiger partial charge in [0.1, 0.15) is 0 Å². The van der Waals surface area contributed by atoms with Gasteiger partial charge in [0.25, 0.3) is 0 Å². The lowest BCUT2D eigenvalue weighted by Crippen LogP contribution is -2.28. The lowest BCUT2D eigenvalue weighted by molar-refractivity contribution is 0.661. The molecule has 0 amide bonds. The molecule has 0 bridgehead atoms. The average Bonchev–Trinajstić information content (AvgIpc) is 3.77. The summed E-state index contributed by atoms with van der Waals surface area (Å²) < 4.78 is 0. The number of hydrogen-bond acceptors (Lipinski definition) is 2. The second-order valence-corrected chi connectivity index (χ2v) is 17.3. The van der Waals surface area contributed by atoms with Crippen molar-refractivity contribution < 1.29 is 0 Å². The molecule has 2 heteroatoms. The van der Waals surface area contributed by atoms with Crippen LogP contribution in [0.1, 0.15) is 47.2 Å². The van der Waals surface area contributed by atoms with E-state index in [-0.39, 0.29) is 5.41 Å². The fourth-order valence-electron chi connectivity index (χ4n) is 10.7. The molecule has 0 saturated heterocycles. The Labute approximate surface area is 362 Å². The second kappa shape index (κ2) is 13.9. The minimum Gasteiger partial charge on any atom is -0.228 e. The van der Waals surface area contributed by atoms with Crippen molar-refractivity contribution in [3.63, 3.8) is 0 Å². The Morgan fingerprint density at radius 3 is 1.55 bits per heavy atom. The average molecular weight is 791 g/mol. The molecule has 0 aliphatic heterocycles. The summed E-state index contributed by atoms with van der Waals surface area (Å²) in [6.45, 7) is 4.70. The maximum Gasteiger partial charge on any atom is 0.160 e. The lowest BCUT2D eigenvalue weighted by atomic mass is 9.67. The highest BCUT2D eigenvalue weighted by Gasteiger charge is 2.46. The summed E-state index contributed by atoms with van der Waals surface area (Å²) in [4.78, 5) is 10.6. The van der Waals surface area contributed by atoms with Crippen LogP contribution in [0.15, 0.2) is 218 Å². The topological polar surface area (TPSA) is 25.8 Å². The summed E-state index contributed by atoms with van der Waals surface area (Å²) in [6.07, 6.45) is 0. The highest BCUT2D eigenvalue weighted by atomic mass is 14.9. The van der Waals surface area contributed by atoms with Gasteiger partial charge in [-0.3, -0.25) is 0 Å². The van der Waals surface area contributed by atoms with Gasteiger partial charge in [-0.2, -0.15) is 0 Å². The molecular weight excluding hydrogens is 749 g/mol. The van der Waals surface area contributed by atoms with Crippen molar-refractivity contribution in [2.24, 2.45) is 0 Å². The molecule has 0 atom stereocenters. The van der Waals surface area contributed by atoms with Crippen molar-refractivity contribution in [1.82, 2.24) is 9.97 Å². The van der Waals surface area contributed by atoms with E-state index in [4.69, 9.17) is 9.97 Å². The number of hydrogen-bond donors (Lipinski definition) is 0. The van der Waals surface area contributed by atoms with Crippen molar-refractivity contribution in [1.29, 1.82) is 0 Å². The van der Waals surface area contributed by atoms with E-state index in [9.17, 15) is 0 Å². The van der Waals surface area contributed by atoms with Crippen molar-refractivity contribution in [3.05, 3.63) is 252 Å². The van der Waals surface area contributed by atoms with Gasteiger partial charge in [-0.15, -0.1) is 0 Å². The number of benzene rings is 9. The Balaban J connectivity index is 1.01. The minimum atomic E-state index is -0.448. The van der Waals surface area contributed by atoms with E-state index in [2.05, 4.69) is 226 Å². The van der Waals surface area contributed by atoms with Crippen LogP contribution in [0.4, 0.5) is 0 Å². The zero-order valence-corrected chi connectivity index (χ0v) is 34.7. The zero-order valence-electron chi connectivity index (χ0n) is 34.7. The maximum atomic E-state index is 5.34. The third-order valence-corrected chi connectivity index (χ3v) is 13.6. The first-order valence-electron chi connectivity index (χ1n) is 21.6. The van der Waals surface area contributed by atoms with Crippen LogP contribution in [0.3, 0.4) is 0 Å². The molecule has 2 aliphatic rings. The molecule has 0 radical (unpaired) electrons. The smallest absolute Gasteiger partial charge is 0.160 e. The standard InChI is InChI=1S/C60H42N2/c1-59(2)51-30-17-28-48(57(51)49-36-42-20-12-13-21-43(42)37-53(49)59)55-38-54(61-58(62-55)41-18-6-3-7-19-41)40-34-32-39(33-35-40)46-27-16-31-52-56(46)47-26-14-15-29-50(47)60(52,44-22-8-4-9-23-44)45-24-10-5-11-25-45/h3-38H,1-2H3. The summed E-state index contributed by atoms with van der Waals surface area (Å²) in [5.41, 5.74) is 19.7. The van der Waals surface area contributed by atoms with Gasteiger partial charge in [0, 0.05) is 22.1 Å². The zero-order chi connectivity index (χ0) is 41.4. The summed E-state index contributed by atoms with van der Waals surface area (Å²) in [7, 11) is 0. The van der Waals surface area contributed by atoms with Gasteiger partial charge < -0.3 is 0 Å². The summed E-state index contributed by atoms with van der Waals surface area (Å²) in [5.74, 6) is 0.714. The third kappa shape index (κ3) is 5.36. The highest BCUT2D eigenvalue weighted by molar-refractivity contribution is 5.99. The van der Waals surface area contributed by atoms with Crippen LogP contribution in [0.25, 0.3) is 78.1 Å². The van der Waals surface area contributed by atoms with Crippen LogP contribution in [0.5, 0.6) is 0 Å². The lowest BCUT2D eigenvalue weighted by Gasteiger charge is -2.34. The molecule has 9 aromatic carbocycles. The second-order valence-electron chi connectivity index (χ2n) is 17.3. The molecule has 2 nitrogen and oxygen atoms in total. The van der Waals surface area contributed by atoms with Gasteiger partial charge in [0.05, 0.1) is 16.8 Å². The summed E-state index contributed by atoms with van der Waals surface area (Å²) >= 11 is 0. The van der Waals surface area contributed by atoms with E-state index >= 15 is 0 Å². The third-order valence-electron chi connectivity index (χ3n) is 13.6. The summed E-state index contributed by atoms with van der Waals surface area (Å²) in [6, 6.07) is 79.6. The Morgan fingerprint density at radius 1 is 0.323 bits per heavy atom. The SMILES string of the molecule is CC1(C)c2cc3ccccc3cc2-c2c(-c3cc(-c4ccc(-c5cccc6c5-c5ccccc5C6(c5ccccc5)c5ccccc5)cc4)nc(-c4ccccc4)n3)cccc21. The first-order valence-corrected chi connectivity index (χ1v) is 21.6. The molecule has 10 aromatic rings. The Kier molecular flexibility index (Phi) is 8.14. The van der Waals surface area contributed by atoms with Crippen LogP contribution < -0.4 is 0 Å². The monoisotopic (exact) mass is 790 g/mol. The van der Waals surface area contributed by atoms with Gasteiger partial charge in [0.15, 0.2) is 5.82 Å². The van der Waals surface area contributed by atoms with E-state index in [0.717, 1.165) is 28.1 Å². The molecule has 0 fully saturated rings. The Morgan fingerprint density at radius 2 is 0.839 bits per heavy atom. The van der Waals surface area contributed by atoms with E-state index in [1.807, 2.05) is 6.07 Å². The molecule has 292 valence electrons. The van der Waals surface area contributed by atoms with Gasteiger partial charge in [-0.1, -0.05) is 214 Å². The number of nitrogens with zero attached hydrogens (tertiary/aromatic N) is 2. The van der Waals surface area contributed by atoms with Crippen LogP contribution in [0.2, 0.25) is 0 Å². The van der Waals surface area contributed by atoms with Crippen LogP contribution in [-0.4, -0.2) is 9.97 Å². The normalized spacial score (nSPS) is 13.9. The van der Waals surface area contributed by atoms with Crippen molar-refractivity contribution >= 4 is 10.8 Å². The Bertz CT molecular complexity index is 3310. The fraction of sp³-hybridized carbons (Fsp3) is 0.0667. The summed E-state index contributed by atoms with van der Waals surface area (Å²) in [5, 5.41) is 2.51. The molecule has 62 heavy (non-hydrogen) atoms. The molecule has 12 rings (SSSR count). The molecule has 1 aromatic heterocycles. The maximum absolute atomic E-state index is 5.34. The van der Waals surface area contributed by atoms with Gasteiger partial charge in [-0.05, 0) is 95.7 Å². The van der Waals surface area contributed by atoms with Crippen molar-refractivity contribution in [3.8, 4) is 67.3 Å². The van der Waals surface area contributed by atoms with Crippen LogP contribution in [-0.2, 0) is 10.8 Å². The largest absolute Gasteiger partial charge is 0.228 e. The first kappa shape index (κ1) is 36.2. The Hall–Kier alpha value is -7.68. The fourth-order valence-corrected chi connectivity index (χ4v) is 10.7. The van der Waals surface area contributed by atoms with Crippen molar-refractivity contribution in [2.75, 3.05) is 0 Å². The van der Waals surface area contributed by atoms with E-state index in [1.54, 1.807) is 0 Å². The van der Waals surface area contributed by atoms with Crippen molar-refractivity contribution in [2.45, 2.75) is 24.7 Å². The molecule has 0 N–H and O–H groups in total. The molecule has 0 saturated carbocycles. The number of fused-ring (bicyclic) bond motifs is 7. The van der Waals surface area contributed by atoms with Crippen LogP contribution in [0, 0.1) is 0 Å². The highest BCUT2D eigenvalue weighted by Crippen LogP contribution is 2.58. The van der Waals surface area contributed by atoms with E-state index < -0.39 is 5.41 Å². The number of aromatic nitrogens is 2. The van der Waals surface area contributed by atoms with Gasteiger partial charge in [-0.25, -0.2) is 9.97 Å². The van der Waals surface area contributed by atoms with E-state index in [1.165, 1.54) is 77.5 Å². The molecule has 0 spiro atoms. The van der Waals surface area contributed by atoms with Gasteiger partial charge >= 0.3 is 0 Å². The predicted octanol–water partition coefficient (Wildman–Crippen LogP) is 15.0. The minimum absolute atomic E-state index is 0.154. The predicted molar refractivity (Wildman–Crippen MR) is 256 cm³/mol. The first-order chi connectivity index (χ1) is 30.5. The quantitative estimate of drug-likeness (QED) is 0.168. The molecular formula is C60H42N2. The molecule has 2 aliphatic carbocycles. The van der Waals surface area contributed by atoms with E-state index in [0.29, 0.717) is 5.82 Å². The molecule has 1 heterocycles.